The third-order valence-corrected chi connectivity index (χ3v) is 23.9. The van der Waals surface area contributed by atoms with Crippen molar-refractivity contribution in [1.82, 2.24) is 40.7 Å². The normalized spacial score (nSPS) is 13.3. The van der Waals surface area contributed by atoms with Crippen LogP contribution in [0.15, 0.2) is 132 Å². The fourth-order valence-electron chi connectivity index (χ4n) is 10.1. The molecule has 29 heteroatoms. The molecule has 5 amide bonds. The van der Waals surface area contributed by atoms with Crippen molar-refractivity contribution in [2.45, 2.75) is 212 Å². The predicted octanol–water partition coefficient (Wildman–Crippen LogP) is 18.4. The molecule has 6 N–H and O–H groups in total. The van der Waals surface area contributed by atoms with Crippen molar-refractivity contribution in [3.63, 3.8) is 0 Å². The molecule has 109 heavy (non-hydrogen) atoms. The van der Waals surface area contributed by atoms with Crippen LogP contribution in [-0.4, -0.2) is 165 Å². The minimum atomic E-state index is -2.15. The van der Waals surface area contributed by atoms with Crippen LogP contribution in [0.1, 0.15) is 167 Å². The van der Waals surface area contributed by atoms with E-state index in [0.717, 1.165) is 75.4 Å². The van der Waals surface area contributed by atoms with Gasteiger partial charge in [-0.15, -0.1) is 0 Å². The number of halogens is 10. The summed E-state index contributed by atoms with van der Waals surface area (Å²) in [6.07, 6.45) is 7.35. The van der Waals surface area contributed by atoms with Gasteiger partial charge in [-0.1, -0.05) is 161 Å². The first-order valence-electron chi connectivity index (χ1n) is 36.2. The number of carbonyl (C=O) groups excluding carboxylic acids is 5. The van der Waals surface area contributed by atoms with Crippen molar-refractivity contribution in [3.8, 4) is 22.3 Å². The van der Waals surface area contributed by atoms with Gasteiger partial charge in [0.05, 0.1) is 36.6 Å². The van der Waals surface area contributed by atoms with Crippen LogP contribution in [0.2, 0.25) is 14.8 Å². The third-order valence-electron chi connectivity index (χ3n) is 16.4. The van der Waals surface area contributed by atoms with E-state index >= 15 is 0 Å². The summed E-state index contributed by atoms with van der Waals surface area (Å²) in [5.74, 6) is -0.531. The molecule has 6 aromatic rings. The number of pyridine rings is 3. The van der Waals surface area contributed by atoms with Gasteiger partial charge in [-0.25, -0.2) is 18.4 Å². The van der Waals surface area contributed by atoms with Gasteiger partial charge in [-0.05, 0) is 147 Å². The maximum atomic E-state index is 13.4. The number of aliphatic hydroxyl groups is 3. The Morgan fingerprint density at radius 3 is 1.05 bits per heavy atom. The number of ether oxygens (including phenoxy) is 2. The zero-order chi connectivity index (χ0) is 82.1. The number of aromatic nitrogens is 3. The molecule has 0 fully saturated rings. The first-order chi connectivity index (χ1) is 50.9. The van der Waals surface area contributed by atoms with E-state index in [2.05, 4.69) is 103 Å². The Bertz CT molecular complexity index is 3660. The number of aryl methyl sites for hydroxylation is 1. The Kier molecular flexibility index (Phi) is 43.8. The summed E-state index contributed by atoms with van der Waals surface area (Å²) in [5.41, 5.74) is 6.61. The number of rotatable bonds is 33. The standard InChI is InChI=1S/C27H36Cl2FN3O4.C23H29Cl2FN2O2.C16H25BrN2O2.C11H11Cl2FNO2.3CH3.Sn/c1-17(2)12-13-33(26(36)37-27(3,4)5)16-21-11-10-20(15-31-21)18-6-8-19(9-7-18)23(34)22(14-30)32-25(35)24(28)29;1-15(2)5-3-4-6-19-12-11-18(14-27-19)16-7-9-17(10-8-16)21(29)20(13-26)28-23(30)22(24)25;1-12(2)8-9-19(15(20)21-16(3,4)5)11-14-7-6-13(17)10-18-14;12-10(13)11(17)15-8(6-14)9(16)7-4-2-1-3-5-7;;;;/h6-11,15,17,22-24,34H,12-14,16H2,1-5H3,(H,32,35);7-12,14-15,20-22,29H,3-6,13H2,1-2H3,(H,28,30);6-7,10,12H,8-9,11H2,1-5H3;2-5,8-10,16H,6H2,(H,15,17);3*1H3;/t22-,23-;20-,21-;;8-,9-;;;;/m11.1..../s1. The molecule has 0 aliphatic rings. The Labute approximate surface area is 685 Å². The average molecular weight is 1810 g/mol. The first kappa shape index (κ1) is 97.9. The summed E-state index contributed by atoms with van der Waals surface area (Å²) in [7, 11) is 0. The van der Waals surface area contributed by atoms with Crippen LogP contribution in [0.3, 0.4) is 0 Å². The fraction of sp³-hybridized carbons (Fsp3) is 0.525. The van der Waals surface area contributed by atoms with Crippen LogP contribution >= 0.6 is 85.5 Å². The predicted molar refractivity (Wildman–Crippen MR) is 440 cm³/mol. The summed E-state index contributed by atoms with van der Waals surface area (Å²) < 4.78 is 53.0. The molecule has 0 saturated heterocycles. The molecule has 604 valence electrons. The van der Waals surface area contributed by atoms with E-state index < -0.39 is 118 Å². The van der Waals surface area contributed by atoms with Gasteiger partial charge in [0, 0.05) is 53.0 Å². The second kappa shape index (κ2) is 48.7. The molecule has 0 bridgehead atoms. The monoisotopic (exact) mass is 1810 g/mol. The maximum absolute atomic E-state index is 13.4. The topological polar surface area (TPSA) is 246 Å². The molecule has 0 spiro atoms. The molecular formula is C80H110BrCl6F3N8O10Sn. The number of carbonyl (C=O) groups is 5. The van der Waals surface area contributed by atoms with Gasteiger partial charge < -0.3 is 40.1 Å². The number of aliphatic hydroxyl groups excluding tert-OH is 3. The van der Waals surface area contributed by atoms with Crippen LogP contribution in [0.25, 0.3) is 22.3 Å². The van der Waals surface area contributed by atoms with Gasteiger partial charge >= 0.3 is 151 Å². The van der Waals surface area contributed by atoms with Crippen LogP contribution < -0.4 is 19.5 Å². The van der Waals surface area contributed by atoms with Gasteiger partial charge in [-0.3, -0.25) is 24.5 Å². The molecule has 3 aromatic heterocycles. The zero-order valence-corrected chi connectivity index (χ0v) is 73.9. The number of hydrogen-bond donors (Lipinski definition) is 6. The van der Waals surface area contributed by atoms with E-state index in [9.17, 15) is 52.5 Å². The van der Waals surface area contributed by atoms with E-state index in [-0.39, 0.29) is 12.2 Å². The summed E-state index contributed by atoms with van der Waals surface area (Å²) in [5, 5.41) is 38.0. The van der Waals surface area contributed by atoms with Gasteiger partial charge in [0.1, 0.15) is 36.8 Å². The van der Waals surface area contributed by atoms with Crippen LogP contribution in [-0.2, 0) is 43.4 Å². The van der Waals surface area contributed by atoms with Crippen molar-refractivity contribution in [3.05, 3.63) is 166 Å². The number of benzene rings is 3. The quantitative estimate of drug-likeness (QED) is 0.0128. The first-order valence-corrected chi connectivity index (χ1v) is 49.6. The Morgan fingerprint density at radius 1 is 0.459 bits per heavy atom. The van der Waals surface area contributed by atoms with E-state index in [1.54, 1.807) is 70.7 Å². The Hall–Kier alpha value is -5.25. The molecule has 0 saturated carbocycles. The van der Waals surface area contributed by atoms with Gasteiger partial charge in [0.2, 0.25) is 0 Å². The molecule has 0 aliphatic heterocycles. The summed E-state index contributed by atoms with van der Waals surface area (Å²) in [4.78, 5) is 79.3. The van der Waals surface area contributed by atoms with Crippen molar-refractivity contribution in [2.24, 2.45) is 17.8 Å². The van der Waals surface area contributed by atoms with Gasteiger partial charge in [-0.2, -0.15) is 0 Å². The fourth-order valence-corrected chi connectivity index (χ4v) is 14.0. The van der Waals surface area contributed by atoms with Crippen molar-refractivity contribution >= 4 is 137 Å². The number of nitrogens with zero attached hydrogens (tertiary/aromatic N) is 5. The minimum absolute atomic E-state index is 0.284. The second-order valence-electron chi connectivity index (χ2n) is 30.5. The number of unbranched alkanes of at least 4 members (excludes halogenated alkanes) is 1. The molecule has 6 rings (SSSR count). The van der Waals surface area contributed by atoms with Crippen molar-refractivity contribution in [2.75, 3.05) is 33.1 Å². The SMILES string of the molecule is CC(C)CCCCc1ccc(-c2ccc([C@@H](O)[C@@H](CF)NC(=O)C(Cl)Cl)cc2)cn1.CC(C)CCN(Cc1ccc(-c2ccc([C@@H](O)[C@@H](CF)NC(=O)C(Cl)Cl)cc2)cn1)C(=O)OC(C)(C)C.CC(C)CCN(Cc1ccc(Br)cn1)C(=O)OC(C)(C)C.[CH3][Sn]([CH3])([CH3])[c]1ccc([C@@H](O)[C@@H](CF)NC(=O)C(Cl)Cl)cc1. The van der Waals surface area contributed by atoms with E-state index in [1.165, 1.54) is 16.4 Å². The van der Waals surface area contributed by atoms with Gasteiger partial charge in [0.15, 0.2) is 9.67 Å². The molecule has 0 unspecified atom stereocenters. The number of hydrogen-bond acceptors (Lipinski definition) is 13. The molecular weight excluding hydrogens is 1700 g/mol. The summed E-state index contributed by atoms with van der Waals surface area (Å²) in [6.45, 7) is 23.3. The molecule has 3 aromatic carbocycles. The van der Waals surface area contributed by atoms with E-state index in [4.69, 9.17) is 79.1 Å². The van der Waals surface area contributed by atoms with Crippen LogP contribution in [0.5, 0.6) is 0 Å². The number of alkyl halides is 9. The Balaban J connectivity index is 0.000000388. The van der Waals surface area contributed by atoms with Crippen LogP contribution in [0, 0.1) is 17.8 Å². The molecule has 0 radical (unpaired) electrons. The van der Waals surface area contributed by atoms with E-state index in [0.29, 0.717) is 54.7 Å². The average Bonchev–Trinajstić information content (AvgIpc) is 0.838. The second-order valence-corrected chi connectivity index (χ2v) is 49.2. The molecule has 18 nitrogen and oxygen atoms in total. The third kappa shape index (κ3) is 38.0. The van der Waals surface area contributed by atoms with E-state index in [1.807, 2.05) is 108 Å². The molecule has 0 aliphatic carbocycles. The van der Waals surface area contributed by atoms with Crippen molar-refractivity contribution in [1.29, 1.82) is 0 Å². The zero-order valence-electron chi connectivity index (χ0n) is 65.0. The Morgan fingerprint density at radius 2 is 0.771 bits per heavy atom. The molecule has 3 heterocycles. The number of nitrogens with one attached hydrogen (secondary N) is 3. The molecule has 6 atom stereocenters. The summed E-state index contributed by atoms with van der Waals surface area (Å²) in [6, 6.07) is 29.7. The van der Waals surface area contributed by atoms with Gasteiger partial charge in [0.25, 0.3) is 11.8 Å². The van der Waals surface area contributed by atoms with Crippen LogP contribution in [0.4, 0.5) is 22.8 Å². The number of amides is 5. The van der Waals surface area contributed by atoms with Crippen molar-refractivity contribution < 1.29 is 61.9 Å². The summed E-state index contributed by atoms with van der Waals surface area (Å²) >= 11 is 34.0.